The minimum atomic E-state index is 0.147. The first-order valence-corrected chi connectivity index (χ1v) is 8.99. The van der Waals surface area contributed by atoms with Crippen molar-refractivity contribution in [1.29, 1.82) is 0 Å². The first-order valence-electron chi connectivity index (χ1n) is 8.99. The van der Waals surface area contributed by atoms with Crippen LogP contribution in [-0.4, -0.2) is 20.5 Å². The number of hydrogen-bond donors (Lipinski definition) is 1. The molecule has 4 heteroatoms. The average molecular weight is 342 g/mol. The molecule has 1 N–H and O–H groups in total. The fraction of sp³-hybridized carbons (Fsp3) is 0.182. The van der Waals surface area contributed by atoms with E-state index in [1.165, 1.54) is 0 Å². The van der Waals surface area contributed by atoms with Gasteiger partial charge in [0.25, 0.3) is 0 Å². The van der Waals surface area contributed by atoms with Gasteiger partial charge in [0, 0.05) is 28.2 Å². The normalized spacial score (nSPS) is 17.3. The van der Waals surface area contributed by atoms with E-state index in [1.807, 2.05) is 54.6 Å². The highest BCUT2D eigenvalue weighted by molar-refractivity contribution is 6.18. The molecule has 1 aliphatic rings. The third-order valence-corrected chi connectivity index (χ3v) is 5.26. The van der Waals surface area contributed by atoms with Crippen LogP contribution in [0.3, 0.4) is 0 Å². The van der Waals surface area contributed by atoms with E-state index in [0.717, 1.165) is 46.5 Å². The molecule has 2 aromatic heterocycles. The highest BCUT2D eigenvalue weighted by Gasteiger charge is 2.24. The molecule has 1 fully saturated rings. The lowest BCUT2D eigenvalue weighted by Crippen LogP contribution is -2.17. The van der Waals surface area contributed by atoms with Gasteiger partial charge in [0.2, 0.25) is 0 Å². The molecule has 0 radical (unpaired) electrons. The highest BCUT2D eigenvalue weighted by atomic mass is 16.3. The van der Waals surface area contributed by atoms with Gasteiger partial charge in [-0.15, -0.1) is 0 Å². The van der Waals surface area contributed by atoms with Crippen LogP contribution in [0.4, 0.5) is 0 Å². The van der Waals surface area contributed by atoms with Crippen LogP contribution in [0.5, 0.6) is 5.75 Å². The number of Topliss-reactive ketones (excluding diaryl/α,β-unsaturated/α-hetero) is 1. The molecule has 4 aromatic rings. The van der Waals surface area contributed by atoms with Crippen molar-refractivity contribution in [2.75, 3.05) is 0 Å². The number of aromatic nitrogens is 2. The molecule has 26 heavy (non-hydrogen) atoms. The predicted octanol–water partition coefficient (Wildman–Crippen LogP) is 3.87. The number of fused-ring (bicyclic) bond motifs is 3. The predicted molar refractivity (Wildman–Crippen MR) is 102 cm³/mol. The summed E-state index contributed by atoms with van der Waals surface area (Å²) >= 11 is 0. The molecule has 1 aliphatic carbocycles. The number of para-hydroxylation sites is 1. The lowest BCUT2D eigenvalue weighted by Gasteiger charge is -2.12. The summed E-state index contributed by atoms with van der Waals surface area (Å²) in [5.74, 6) is 0.338. The number of benzene rings is 2. The van der Waals surface area contributed by atoms with E-state index in [0.29, 0.717) is 17.6 Å². The van der Waals surface area contributed by atoms with E-state index in [1.54, 1.807) is 4.52 Å². The average Bonchev–Trinajstić information content (AvgIpc) is 3.18. The van der Waals surface area contributed by atoms with E-state index in [9.17, 15) is 9.90 Å². The lowest BCUT2D eigenvalue weighted by atomic mass is 9.91. The van der Waals surface area contributed by atoms with Crippen LogP contribution in [0, 0.1) is 0 Å². The maximum Gasteiger partial charge on any atom is 0.170 e. The molecule has 0 unspecified atom stereocenters. The Morgan fingerprint density at radius 3 is 2.46 bits per heavy atom. The summed E-state index contributed by atoms with van der Waals surface area (Å²) in [5, 5.41) is 17.6. The van der Waals surface area contributed by atoms with Crippen LogP contribution >= 0.6 is 0 Å². The zero-order valence-corrected chi connectivity index (χ0v) is 14.3. The number of carbonyl (C=O) groups excluding carboxylic acids is 1. The Hall–Kier alpha value is -3.14. The Morgan fingerprint density at radius 2 is 1.65 bits per heavy atom. The molecule has 0 bridgehead atoms. The molecule has 4 nitrogen and oxygen atoms in total. The van der Waals surface area contributed by atoms with Crippen molar-refractivity contribution in [3.63, 3.8) is 0 Å². The quantitative estimate of drug-likeness (QED) is 0.571. The molecule has 1 saturated carbocycles. The number of hydrogen-bond acceptors (Lipinski definition) is 3. The standard InChI is InChI=1S/C22H18N2O2/c25-18-13-7-5-11-16(18)19-15-10-4-6-12-17(15)24-21(19)22(26)20(23-24)14-8-2-1-3-9-14/h1-4,6,8-10,12,26H,5,7,11,13H2/b19-16-. The zero-order chi connectivity index (χ0) is 17.7. The van der Waals surface area contributed by atoms with Gasteiger partial charge in [-0.2, -0.15) is 5.10 Å². The maximum atomic E-state index is 12.6. The fourth-order valence-electron chi connectivity index (χ4n) is 4.04. The minimum absolute atomic E-state index is 0.147. The van der Waals surface area contributed by atoms with Gasteiger partial charge < -0.3 is 5.11 Å². The molecule has 2 heterocycles. The minimum Gasteiger partial charge on any atom is -0.504 e. The van der Waals surface area contributed by atoms with Gasteiger partial charge in [0.1, 0.15) is 11.2 Å². The number of aromatic hydroxyl groups is 1. The second-order valence-corrected chi connectivity index (χ2v) is 6.82. The highest BCUT2D eigenvalue weighted by Crippen LogP contribution is 2.34. The van der Waals surface area contributed by atoms with Gasteiger partial charge in [0.15, 0.2) is 11.5 Å². The fourth-order valence-corrected chi connectivity index (χ4v) is 4.04. The van der Waals surface area contributed by atoms with E-state index in [-0.39, 0.29) is 11.5 Å². The first-order chi connectivity index (χ1) is 12.8. The second kappa shape index (κ2) is 5.70. The molecular weight excluding hydrogens is 324 g/mol. The summed E-state index contributed by atoms with van der Waals surface area (Å²) in [6.45, 7) is 0. The Labute approximate surface area is 150 Å². The van der Waals surface area contributed by atoms with Crippen LogP contribution < -0.4 is 5.22 Å². The van der Waals surface area contributed by atoms with Crippen LogP contribution in [0.2, 0.25) is 0 Å². The molecule has 5 rings (SSSR count). The van der Waals surface area contributed by atoms with Crippen molar-refractivity contribution in [1.82, 2.24) is 9.61 Å². The van der Waals surface area contributed by atoms with Gasteiger partial charge in [-0.25, -0.2) is 4.52 Å². The van der Waals surface area contributed by atoms with Gasteiger partial charge in [-0.3, -0.25) is 4.79 Å². The summed E-state index contributed by atoms with van der Waals surface area (Å²) in [6, 6.07) is 17.6. The van der Waals surface area contributed by atoms with E-state index < -0.39 is 0 Å². The number of nitrogens with zero attached hydrogens (tertiary/aromatic N) is 2. The van der Waals surface area contributed by atoms with E-state index >= 15 is 0 Å². The Bertz CT molecular complexity index is 1210. The van der Waals surface area contributed by atoms with Gasteiger partial charge >= 0.3 is 0 Å². The topological polar surface area (TPSA) is 54.6 Å². The maximum absolute atomic E-state index is 12.6. The number of ketones is 1. The number of rotatable bonds is 1. The van der Waals surface area contributed by atoms with Crippen molar-refractivity contribution in [2.45, 2.75) is 25.7 Å². The molecular formula is C22H18N2O2. The van der Waals surface area contributed by atoms with Crippen LogP contribution in [0.1, 0.15) is 25.7 Å². The monoisotopic (exact) mass is 342 g/mol. The summed E-state index contributed by atoms with van der Waals surface area (Å²) in [5.41, 5.74) is 3.81. The summed E-state index contributed by atoms with van der Waals surface area (Å²) < 4.78 is 1.79. The molecule has 0 amide bonds. The van der Waals surface area contributed by atoms with Gasteiger partial charge in [-0.1, -0.05) is 48.5 Å². The molecule has 0 aliphatic heterocycles. The van der Waals surface area contributed by atoms with Crippen LogP contribution in [-0.2, 0) is 4.79 Å². The molecule has 128 valence electrons. The third kappa shape index (κ3) is 2.08. The van der Waals surface area contributed by atoms with E-state index in [2.05, 4.69) is 0 Å². The van der Waals surface area contributed by atoms with Crippen molar-refractivity contribution in [3.8, 4) is 17.0 Å². The summed E-state index contributed by atoms with van der Waals surface area (Å²) in [6.07, 6.45) is 3.29. The van der Waals surface area contributed by atoms with Gasteiger partial charge in [-0.05, 0) is 25.3 Å². The van der Waals surface area contributed by atoms with Crippen LogP contribution in [0.25, 0.3) is 33.3 Å². The third-order valence-electron chi connectivity index (χ3n) is 5.26. The Kier molecular flexibility index (Phi) is 3.32. The van der Waals surface area contributed by atoms with Crippen molar-refractivity contribution < 1.29 is 9.90 Å². The van der Waals surface area contributed by atoms with Gasteiger partial charge in [0.05, 0.1) is 5.52 Å². The largest absolute Gasteiger partial charge is 0.504 e. The zero-order valence-electron chi connectivity index (χ0n) is 14.3. The molecule has 2 aromatic carbocycles. The second-order valence-electron chi connectivity index (χ2n) is 6.82. The number of carbonyl (C=O) groups is 1. The summed E-state index contributed by atoms with van der Waals surface area (Å²) in [7, 11) is 0. The summed E-state index contributed by atoms with van der Waals surface area (Å²) in [4.78, 5) is 12.6. The Morgan fingerprint density at radius 1 is 0.923 bits per heavy atom. The van der Waals surface area contributed by atoms with Crippen molar-refractivity contribution in [3.05, 3.63) is 59.8 Å². The van der Waals surface area contributed by atoms with Crippen LogP contribution in [0.15, 0.2) is 54.6 Å². The lowest BCUT2D eigenvalue weighted by molar-refractivity contribution is -0.114. The molecule has 0 atom stereocenters. The molecule has 0 spiro atoms. The smallest absolute Gasteiger partial charge is 0.170 e. The first kappa shape index (κ1) is 15.1. The Balaban J connectivity index is 1.96. The van der Waals surface area contributed by atoms with Crippen molar-refractivity contribution in [2.24, 2.45) is 0 Å². The molecule has 0 saturated heterocycles. The van der Waals surface area contributed by atoms with Crippen molar-refractivity contribution >= 4 is 27.8 Å². The SMILES string of the molecule is O=C1CCCC/C1=c1\c2ccccc2n2nc(-c3ccccc3)c(O)c12. The van der Waals surface area contributed by atoms with E-state index in [4.69, 9.17) is 5.10 Å².